The Morgan fingerprint density at radius 3 is 2.50 bits per heavy atom. The molecule has 0 saturated carbocycles. The van der Waals surface area contributed by atoms with Gasteiger partial charge in [-0.05, 0) is 31.2 Å². The molecule has 0 radical (unpaired) electrons. The van der Waals surface area contributed by atoms with Gasteiger partial charge in [0.2, 0.25) is 11.8 Å². The molecule has 1 aromatic carbocycles. The van der Waals surface area contributed by atoms with Crippen molar-refractivity contribution in [1.82, 2.24) is 15.5 Å². The van der Waals surface area contributed by atoms with Gasteiger partial charge in [0, 0.05) is 6.42 Å². The van der Waals surface area contributed by atoms with Crippen molar-refractivity contribution in [2.75, 3.05) is 14.2 Å². The third-order valence-corrected chi connectivity index (χ3v) is 2.62. The summed E-state index contributed by atoms with van der Waals surface area (Å²) in [6, 6.07) is 8.00. The third-order valence-electron chi connectivity index (χ3n) is 2.62. The van der Waals surface area contributed by atoms with Crippen LogP contribution in [0, 0.1) is 0 Å². The van der Waals surface area contributed by atoms with Crippen molar-refractivity contribution >= 4 is 0 Å². The van der Waals surface area contributed by atoms with E-state index in [2.05, 4.69) is 15.5 Å². The van der Waals surface area contributed by atoms with Gasteiger partial charge in [0.05, 0.1) is 13.7 Å². The number of methoxy groups -OCH3 is 1. The molecule has 0 amide bonds. The Morgan fingerprint density at radius 2 is 1.83 bits per heavy atom. The summed E-state index contributed by atoms with van der Waals surface area (Å²) in [6.07, 6.45) is 1.63. The molecule has 5 heteroatoms. The largest absolute Gasteiger partial charge is 0.497 e. The van der Waals surface area contributed by atoms with Crippen molar-refractivity contribution in [3.63, 3.8) is 0 Å². The molecule has 96 valence electrons. The van der Waals surface area contributed by atoms with Gasteiger partial charge >= 0.3 is 0 Å². The quantitative estimate of drug-likeness (QED) is 0.839. The first-order chi connectivity index (χ1) is 8.81. The maximum absolute atomic E-state index is 5.48. The van der Waals surface area contributed by atoms with E-state index in [0.29, 0.717) is 18.3 Å². The molecule has 0 spiro atoms. The molecule has 2 aromatic rings. The number of benzene rings is 1. The van der Waals surface area contributed by atoms with Gasteiger partial charge in [-0.15, -0.1) is 10.2 Å². The summed E-state index contributed by atoms with van der Waals surface area (Å²) >= 11 is 0. The van der Waals surface area contributed by atoms with Crippen LogP contribution in [0.4, 0.5) is 0 Å². The zero-order valence-electron chi connectivity index (χ0n) is 10.6. The molecule has 0 atom stereocenters. The zero-order valence-corrected chi connectivity index (χ0v) is 10.6. The van der Waals surface area contributed by atoms with Crippen molar-refractivity contribution < 1.29 is 9.15 Å². The summed E-state index contributed by atoms with van der Waals surface area (Å²) in [4.78, 5) is 0. The van der Waals surface area contributed by atoms with Gasteiger partial charge in [-0.2, -0.15) is 0 Å². The lowest BCUT2D eigenvalue weighted by atomic mass is 10.1. The highest BCUT2D eigenvalue weighted by molar-refractivity contribution is 5.27. The number of hydrogen-bond acceptors (Lipinski definition) is 5. The van der Waals surface area contributed by atoms with E-state index < -0.39 is 0 Å². The average Bonchev–Trinajstić information content (AvgIpc) is 2.85. The highest BCUT2D eigenvalue weighted by Crippen LogP contribution is 2.13. The van der Waals surface area contributed by atoms with Crippen LogP contribution >= 0.6 is 0 Å². The van der Waals surface area contributed by atoms with Crippen LogP contribution in [0.2, 0.25) is 0 Å². The Hall–Kier alpha value is -1.88. The molecule has 2 rings (SSSR count). The summed E-state index contributed by atoms with van der Waals surface area (Å²) < 4.78 is 10.6. The number of aromatic nitrogens is 2. The van der Waals surface area contributed by atoms with Gasteiger partial charge in [0.1, 0.15) is 5.75 Å². The molecule has 5 nitrogen and oxygen atoms in total. The van der Waals surface area contributed by atoms with Crippen LogP contribution in [0.15, 0.2) is 28.7 Å². The van der Waals surface area contributed by atoms with E-state index in [4.69, 9.17) is 9.15 Å². The molecular weight excluding hydrogens is 230 g/mol. The molecule has 0 saturated heterocycles. The number of ether oxygens (including phenoxy) is 1. The van der Waals surface area contributed by atoms with Gasteiger partial charge in [-0.3, -0.25) is 0 Å². The van der Waals surface area contributed by atoms with E-state index >= 15 is 0 Å². The van der Waals surface area contributed by atoms with Crippen molar-refractivity contribution in [3.8, 4) is 5.75 Å². The molecule has 0 aliphatic carbocycles. The first kappa shape index (κ1) is 12.6. The summed E-state index contributed by atoms with van der Waals surface area (Å²) in [5.74, 6) is 2.17. The minimum atomic E-state index is 0.607. The molecule has 1 N–H and O–H groups in total. The maximum atomic E-state index is 5.48. The number of hydrogen-bond donors (Lipinski definition) is 1. The van der Waals surface area contributed by atoms with Crippen LogP contribution in [0.3, 0.4) is 0 Å². The van der Waals surface area contributed by atoms with E-state index in [0.717, 1.165) is 18.6 Å². The number of nitrogens with zero attached hydrogens (tertiary/aromatic N) is 2. The Balaban J connectivity index is 1.89. The molecule has 0 aliphatic rings. The predicted molar refractivity (Wildman–Crippen MR) is 67.5 cm³/mol. The van der Waals surface area contributed by atoms with Crippen LogP contribution in [-0.2, 0) is 19.4 Å². The van der Waals surface area contributed by atoms with Gasteiger partial charge in [0.25, 0.3) is 0 Å². The summed E-state index contributed by atoms with van der Waals surface area (Å²) in [5, 5.41) is 10.9. The van der Waals surface area contributed by atoms with E-state index in [1.165, 1.54) is 5.56 Å². The van der Waals surface area contributed by atoms with E-state index in [1.54, 1.807) is 7.11 Å². The Kier molecular flexibility index (Phi) is 4.30. The number of aryl methyl sites for hydroxylation is 2. The van der Waals surface area contributed by atoms with Crippen LogP contribution in [0.5, 0.6) is 5.75 Å². The molecule has 0 unspecified atom stereocenters. The van der Waals surface area contributed by atoms with Crippen molar-refractivity contribution in [1.29, 1.82) is 0 Å². The van der Waals surface area contributed by atoms with Gasteiger partial charge in [-0.25, -0.2) is 0 Å². The van der Waals surface area contributed by atoms with Crippen molar-refractivity contribution in [2.24, 2.45) is 0 Å². The smallest absolute Gasteiger partial charge is 0.230 e. The molecular formula is C13H17N3O2. The van der Waals surface area contributed by atoms with Gasteiger partial charge in [-0.1, -0.05) is 12.1 Å². The fourth-order valence-electron chi connectivity index (χ4n) is 1.66. The minimum Gasteiger partial charge on any atom is -0.497 e. The van der Waals surface area contributed by atoms with E-state index in [9.17, 15) is 0 Å². The number of rotatable bonds is 6. The van der Waals surface area contributed by atoms with E-state index in [-0.39, 0.29) is 0 Å². The van der Waals surface area contributed by atoms with Crippen LogP contribution < -0.4 is 10.1 Å². The second-order valence-corrected chi connectivity index (χ2v) is 3.97. The van der Waals surface area contributed by atoms with Crippen molar-refractivity contribution in [2.45, 2.75) is 19.4 Å². The zero-order chi connectivity index (χ0) is 12.8. The lowest BCUT2D eigenvalue weighted by molar-refractivity contribution is 0.414. The van der Waals surface area contributed by atoms with Crippen LogP contribution in [-0.4, -0.2) is 24.4 Å². The minimum absolute atomic E-state index is 0.607. The van der Waals surface area contributed by atoms with Crippen LogP contribution in [0.1, 0.15) is 17.3 Å². The molecule has 1 heterocycles. The van der Waals surface area contributed by atoms with Gasteiger partial charge in [0.15, 0.2) is 0 Å². The number of nitrogens with one attached hydrogen (secondary N) is 1. The SMILES string of the molecule is CNCc1nnc(CCc2ccc(OC)cc2)o1. The normalized spacial score (nSPS) is 10.6. The average molecular weight is 247 g/mol. The summed E-state index contributed by atoms with van der Waals surface area (Å²) in [6.45, 7) is 0.607. The monoisotopic (exact) mass is 247 g/mol. The standard InChI is InChI=1S/C13H17N3O2/c1-14-9-13-16-15-12(18-13)8-5-10-3-6-11(17-2)7-4-10/h3-4,6-7,14H,5,8-9H2,1-2H3. The first-order valence-corrected chi connectivity index (χ1v) is 5.90. The molecule has 0 bridgehead atoms. The fourth-order valence-corrected chi connectivity index (χ4v) is 1.66. The summed E-state index contributed by atoms with van der Waals surface area (Å²) in [5.41, 5.74) is 1.23. The topological polar surface area (TPSA) is 60.2 Å². The first-order valence-electron chi connectivity index (χ1n) is 5.90. The summed E-state index contributed by atoms with van der Waals surface area (Å²) in [7, 11) is 3.51. The highest BCUT2D eigenvalue weighted by Gasteiger charge is 2.05. The van der Waals surface area contributed by atoms with Crippen LogP contribution in [0.25, 0.3) is 0 Å². The highest BCUT2D eigenvalue weighted by atomic mass is 16.5. The second-order valence-electron chi connectivity index (χ2n) is 3.97. The Morgan fingerprint density at radius 1 is 1.11 bits per heavy atom. The Bertz CT molecular complexity index is 479. The molecule has 0 fully saturated rings. The third kappa shape index (κ3) is 3.30. The van der Waals surface area contributed by atoms with Gasteiger partial charge < -0.3 is 14.5 Å². The lowest BCUT2D eigenvalue weighted by Gasteiger charge is -2.01. The predicted octanol–water partition coefficient (Wildman–Crippen LogP) is 1.58. The lowest BCUT2D eigenvalue weighted by Crippen LogP contribution is -2.04. The van der Waals surface area contributed by atoms with E-state index in [1.807, 2.05) is 31.3 Å². The Labute approximate surface area is 106 Å². The molecule has 18 heavy (non-hydrogen) atoms. The molecule has 1 aromatic heterocycles. The fraction of sp³-hybridized carbons (Fsp3) is 0.385. The second kappa shape index (κ2) is 6.16. The molecule has 0 aliphatic heterocycles. The maximum Gasteiger partial charge on any atom is 0.230 e. The van der Waals surface area contributed by atoms with Crippen molar-refractivity contribution in [3.05, 3.63) is 41.6 Å².